The van der Waals surface area contributed by atoms with Crippen LogP contribution in [0.25, 0.3) is 10.8 Å². The average molecular weight is 429 g/mol. The highest BCUT2D eigenvalue weighted by Gasteiger charge is 2.17. The highest BCUT2D eigenvalue weighted by atomic mass is 35.5. The molecule has 0 amide bonds. The van der Waals surface area contributed by atoms with Gasteiger partial charge >= 0.3 is 11.9 Å². The molecule has 1 aromatic heterocycles. The first-order valence-corrected chi connectivity index (χ1v) is 8.87. The number of esters is 2. The molecule has 0 saturated carbocycles. The molecule has 0 aliphatic carbocycles. The van der Waals surface area contributed by atoms with E-state index in [0.717, 1.165) is 0 Å². The van der Waals surface area contributed by atoms with Gasteiger partial charge in [0.25, 0.3) is 0 Å². The maximum atomic E-state index is 12.5. The van der Waals surface area contributed by atoms with E-state index >= 15 is 0 Å². The quantitative estimate of drug-likeness (QED) is 0.244. The Balaban J connectivity index is 0.00000320. The molecule has 156 valence electrons. The van der Waals surface area contributed by atoms with Crippen LogP contribution in [0.2, 0.25) is 0 Å². The molecule has 0 spiro atoms. The first-order chi connectivity index (χ1) is 13.8. The number of rotatable bonds is 5. The predicted molar refractivity (Wildman–Crippen MR) is 116 cm³/mol. The molecule has 0 bridgehead atoms. The number of pyridine rings is 1. The van der Waals surface area contributed by atoms with Crippen LogP contribution < -0.4 is 15.8 Å². The van der Waals surface area contributed by atoms with Gasteiger partial charge in [-0.25, -0.2) is 14.6 Å². The second-order valence-corrected chi connectivity index (χ2v) is 6.47. The van der Waals surface area contributed by atoms with Crippen molar-refractivity contribution in [3.05, 3.63) is 66.0 Å². The van der Waals surface area contributed by atoms with Crippen molar-refractivity contribution in [2.24, 2.45) is 5.73 Å². The summed E-state index contributed by atoms with van der Waals surface area (Å²) in [5.41, 5.74) is 6.35. The fraction of sp³-hybridized carbons (Fsp3) is 0.143. The molecule has 0 fully saturated rings. The molecule has 0 aliphatic rings. The molecule has 30 heavy (non-hydrogen) atoms. The zero-order chi connectivity index (χ0) is 21.0. The summed E-state index contributed by atoms with van der Waals surface area (Å²) in [5.74, 6) is -0.992. The molecule has 4 N–H and O–H groups in total. The number of nitrogens with two attached hydrogens (primary N) is 1. The topological polar surface area (TPSA) is 127 Å². The van der Waals surface area contributed by atoms with Crippen LogP contribution >= 0.6 is 12.4 Å². The molecule has 0 unspecified atom stereocenters. The van der Waals surface area contributed by atoms with E-state index in [9.17, 15) is 9.59 Å². The van der Waals surface area contributed by atoms with Gasteiger partial charge < -0.3 is 20.5 Å². The Morgan fingerprint density at radius 1 is 1.03 bits per heavy atom. The number of aromatic nitrogens is 1. The van der Waals surface area contributed by atoms with E-state index < -0.39 is 11.9 Å². The fourth-order valence-corrected chi connectivity index (χ4v) is 2.70. The Kier molecular flexibility index (Phi) is 7.32. The summed E-state index contributed by atoms with van der Waals surface area (Å²) in [5, 5.41) is 11.0. The lowest BCUT2D eigenvalue weighted by Crippen LogP contribution is -2.20. The van der Waals surface area contributed by atoms with Gasteiger partial charge in [-0.05, 0) is 50.2 Å². The van der Waals surface area contributed by atoms with Crippen molar-refractivity contribution in [3.63, 3.8) is 0 Å². The van der Waals surface area contributed by atoms with Gasteiger partial charge in [0.05, 0.1) is 11.7 Å². The highest BCUT2D eigenvalue weighted by molar-refractivity contribution is 6.05. The van der Waals surface area contributed by atoms with Crippen molar-refractivity contribution in [3.8, 4) is 5.75 Å². The zero-order valence-corrected chi connectivity index (χ0v) is 17.2. The number of anilines is 1. The first kappa shape index (κ1) is 22.6. The van der Waals surface area contributed by atoms with Gasteiger partial charge in [-0.1, -0.05) is 12.1 Å². The SMILES string of the molecule is CC(C)OC(=O)c1nccc2c(OC(=O)c3ccc(NC(=N)N)cc3)cccc12.Cl. The minimum absolute atomic E-state index is 0. The van der Waals surface area contributed by atoms with E-state index in [1.807, 2.05) is 0 Å². The van der Waals surface area contributed by atoms with E-state index in [0.29, 0.717) is 27.8 Å². The molecule has 0 radical (unpaired) electrons. The van der Waals surface area contributed by atoms with Gasteiger partial charge in [-0.2, -0.15) is 0 Å². The molecule has 0 saturated heterocycles. The number of nitrogens with one attached hydrogen (secondary N) is 2. The summed E-state index contributed by atoms with van der Waals surface area (Å²) in [7, 11) is 0. The maximum absolute atomic E-state index is 12.5. The van der Waals surface area contributed by atoms with Crippen molar-refractivity contribution < 1.29 is 19.1 Å². The van der Waals surface area contributed by atoms with Crippen LogP contribution in [0.3, 0.4) is 0 Å². The minimum Gasteiger partial charge on any atom is -0.458 e. The Bertz CT molecular complexity index is 1080. The number of fused-ring (bicyclic) bond motifs is 1. The van der Waals surface area contributed by atoms with Crippen LogP contribution in [-0.4, -0.2) is 29.0 Å². The lowest BCUT2D eigenvalue weighted by molar-refractivity contribution is 0.0373. The van der Waals surface area contributed by atoms with Gasteiger partial charge in [0.15, 0.2) is 11.7 Å². The molecular formula is C21H21ClN4O4. The zero-order valence-electron chi connectivity index (χ0n) is 16.3. The van der Waals surface area contributed by atoms with Gasteiger partial charge in [0, 0.05) is 22.7 Å². The Labute approximate surface area is 179 Å². The first-order valence-electron chi connectivity index (χ1n) is 8.87. The third-order valence-electron chi connectivity index (χ3n) is 3.90. The third kappa shape index (κ3) is 5.24. The van der Waals surface area contributed by atoms with Crippen LogP contribution in [0, 0.1) is 5.41 Å². The van der Waals surface area contributed by atoms with Crippen molar-refractivity contribution in [2.75, 3.05) is 5.32 Å². The summed E-state index contributed by atoms with van der Waals surface area (Å²) in [4.78, 5) is 29.0. The number of hydrogen-bond donors (Lipinski definition) is 3. The Morgan fingerprint density at radius 2 is 1.73 bits per heavy atom. The lowest BCUT2D eigenvalue weighted by Gasteiger charge is -2.11. The normalized spacial score (nSPS) is 10.2. The van der Waals surface area contributed by atoms with E-state index in [-0.39, 0.29) is 30.2 Å². The number of nitrogens with zero attached hydrogens (tertiary/aromatic N) is 1. The van der Waals surface area contributed by atoms with Crippen molar-refractivity contribution >= 4 is 46.8 Å². The van der Waals surface area contributed by atoms with Crippen LogP contribution in [0.5, 0.6) is 5.75 Å². The number of guanidine groups is 1. The molecule has 9 heteroatoms. The van der Waals surface area contributed by atoms with Crippen LogP contribution in [-0.2, 0) is 4.74 Å². The molecule has 2 aromatic carbocycles. The van der Waals surface area contributed by atoms with Gasteiger partial charge in [0.2, 0.25) is 0 Å². The van der Waals surface area contributed by atoms with Gasteiger partial charge in [-0.15, -0.1) is 12.4 Å². The number of ether oxygens (including phenoxy) is 2. The van der Waals surface area contributed by atoms with Crippen molar-refractivity contribution in [1.29, 1.82) is 5.41 Å². The molecule has 3 rings (SSSR count). The summed E-state index contributed by atoms with van der Waals surface area (Å²) < 4.78 is 10.8. The highest BCUT2D eigenvalue weighted by Crippen LogP contribution is 2.28. The standard InChI is InChI=1S/C21H20N4O4.ClH/c1-12(2)28-20(27)18-16-4-3-5-17(15(16)10-11-24-18)29-19(26)13-6-8-14(9-7-13)25-21(22)23;/h3-12H,1-2H3,(H4,22,23,25);1H. The molecule has 8 nitrogen and oxygen atoms in total. The number of hydrogen-bond acceptors (Lipinski definition) is 6. The Morgan fingerprint density at radius 3 is 2.37 bits per heavy atom. The number of halogens is 1. The average Bonchev–Trinajstić information content (AvgIpc) is 2.67. The van der Waals surface area contributed by atoms with E-state index in [2.05, 4.69) is 10.3 Å². The van der Waals surface area contributed by atoms with Crippen LogP contribution in [0.4, 0.5) is 5.69 Å². The molecule has 3 aromatic rings. The molecule has 0 atom stereocenters. The maximum Gasteiger partial charge on any atom is 0.357 e. The molecule has 0 aliphatic heterocycles. The predicted octanol–water partition coefficient (Wildman–Crippen LogP) is 3.75. The summed E-state index contributed by atoms with van der Waals surface area (Å²) in [6, 6.07) is 13.1. The molecule has 1 heterocycles. The summed E-state index contributed by atoms with van der Waals surface area (Å²) in [6.07, 6.45) is 1.19. The summed E-state index contributed by atoms with van der Waals surface area (Å²) in [6.45, 7) is 3.51. The van der Waals surface area contributed by atoms with Gasteiger partial charge in [-0.3, -0.25) is 5.41 Å². The van der Waals surface area contributed by atoms with E-state index in [1.165, 1.54) is 6.20 Å². The lowest BCUT2D eigenvalue weighted by atomic mass is 10.1. The van der Waals surface area contributed by atoms with Crippen LogP contribution in [0.1, 0.15) is 34.7 Å². The van der Waals surface area contributed by atoms with Gasteiger partial charge in [0.1, 0.15) is 5.75 Å². The minimum atomic E-state index is -0.560. The van der Waals surface area contributed by atoms with Crippen molar-refractivity contribution in [2.45, 2.75) is 20.0 Å². The summed E-state index contributed by atoms with van der Waals surface area (Å²) >= 11 is 0. The van der Waals surface area contributed by atoms with Crippen molar-refractivity contribution in [1.82, 2.24) is 4.98 Å². The second-order valence-electron chi connectivity index (χ2n) is 6.47. The number of carbonyl (C=O) groups excluding carboxylic acids is 2. The number of carbonyl (C=O) groups is 2. The fourth-order valence-electron chi connectivity index (χ4n) is 2.70. The smallest absolute Gasteiger partial charge is 0.357 e. The largest absolute Gasteiger partial charge is 0.458 e. The Hall–Kier alpha value is -3.65. The third-order valence-corrected chi connectivity index (χ3v) is 3.90. The van der Waals surface area contributed by atoms with E-state index in [1.54, 1.807) is 62.4 Å². The molecular weight excluding hydrogens is 408 g/mol. The monoisotopic (exact) mass is 428 g/mol. The number of benzene rings is 2. The van der Waals surface area contributed by atoms with E-state index in [4.69, 9.17) is 20.6 Å². The van der Waals surface area contributed by atoms with Crippen LogP contribution in [0.15, 0.2) is 54.7 Å². The second kappa shape index (κ2) is 9.71.